The summed E-state index contributed by atoms with van der Waals surface area (Å²) >= 11 is 0. The van der Waals surface area contributed by atoms with E-state index in [1.54, 1.807) is 13.3 Å². The molecule has 3 aromatic rings. The average molecular weight is 393 g/mol. The molecule has 0 N–H and O–H groups in total. The van der Waals surface area contributed by atoms with Gasteiger partial charge in [0.2, 0.25) is 5.88 Å². The van der Waals surface area contributed by atoms with E-state index in [1.165, 1.54) is 5.56 Å². The highest BCUT2D eigenvalue weighted by Crippen LogP contribution is 2.20. The third kappa shape index (κ3) is 4.37. The number of aromatic nitrogens is 5. The lowest BCUT2D eigenvalue weighted by Crippen LogP contribution is -2.46. The number of pyridine rings is 1. The Balaban J connectivity index is 1.45. The molecule has 3 aromatic heterocycles. The van der Waals surface area contributed by atoms with Gasteiger partial charge in [-0.25, -0.2) is 19.6 Å². The van der Waals surface area contributed by atoms with Crippen LogP contribution in [0.15, 0.2) is 30.5 Å². The molecule has 4 heterocycles. The molecule has 152 valence electrons. The van der Waals surface area contributed by atoms with Crippen molar-refractivity contribution >= 4 is 5.82 Å². The molecular formula is C21H27N7O. The Bertz CT molecular complexity index is 992. The third-order valence-corrected chi connectivity index (χ3v) is 5.15. The van der Waals surface area contributed by atoms with Crippen molar-refractivity contribution in [3.05, 3.63) is 53.2 Å². The summed E-state index contributed by atoms with van der Waals surface area (Å²) in [6.07, 6.45) is 1.80. The lowest BCUT2D eigenvalue weighted by atomic mass is 10.2. The molecule has 1 aliphatic rings. The van der Waals surface area contributed by atoms with Gasteiger partial charge in [-0.3, -0.25) is 4.90 Å². The largest absolute Gasteiger partial charge is 0.481 e. The van der Waals surface area contributed by atoms with Crippen molar-refractivity contribution < 1.29 is 4.74 Å². The maximum absolute atomic E-state index is 5.23. The number of hydrogen-bond donors (Lipinski definition) is 0. The van der Waals surface area contributed by atoms with Crippen molar-refractivity contribution in [2.45, 2.75) is 27.3 Å². The van der Waals surface area contributed by atoms with E-state index in [0.717, 1.165) is 61.6 Å². The summed E-state index contributed by atoms with van der Waals surface area (Å²) in [7, 11) is 1.65. The first kappa shape index (κ1) is 19.3. The van der Waals surface area contributed by atoms with E-state index in [0.29, 0.717) is 5.88 Å². The Morgan fingerprint density at radius 3 is 2.41 bits per heavy atom. The summed E-state index contributed by atoms with van der Waals surface area (Å²) in [4.78, 5) is 18.2. The summed E-state index contributed by atoms with van der Waals surface area (Å²) in [5.41, 5.74) is 3.28. The lowest BCUT2D eigenvalue weighted by molar-refractivity contribution is 0.248. The standard InChI is InChI=1S/C21H27N7O/c1-15-11-16(2)28(25-15)20-13-19(23-17(3)24-20)27-9-7-26(8-10-27)14-18-5-6-22-21(12-18)29-4/h5-6,11-13H,7-10,14H2,1-4H3. The average Bonchev–Trinajstić information content (AvgIpc) is 3.06. The van der Waals surface area contributed by atoms with Gasteiger partial charge in [-0.05, 0) is 38.5 Å². The summed E-state index contributed by atoms with van der Waals surface area (Å²) in [6, 6.07) is 8.14. The fraction of sp³-hybridized carbons (Fsp3) is 0.429. The van der Waals surface area contributed by atoms with Gasteiger partial charge in [0.15, 0.2) is 5.82 Å². The van der Waals surface area contributed by atoms with E-state index < -0.39 is 0 Å². The van der Waals surface area contributed by atoms with Crippen LogP contribution in [0.4, 0.5) is 5.82 Å². The molecule has 0 aromatic carbocycles. The van der Waals surface area contributed by atoms with Crippen molar-refractivity contribution in [3.63, 3.8) is 0 Å². The van der Waals surface area contributed by atoms with Gasteiger partial charge in [0.05, 0.1) is 12.8 Å². The van der Waals surface area contributed by atoms with Gasteiger partial charge in [-0.15, -0.1) is 0 Å². The van der Waals surface area contributed by atoms with Crippen LogP contribution < -0.4 is 9.64 Å². The van der Waals surface area contributed by atoms with Crippen LogP contribution in [0.5, 0.6) is 5.88 Å². The van der Waals surface area contributed by atoms with Crippen LogP contribution in [-0.2, 0) is 6.54 Å². The van der Waals surface area contributed by atoms with E-state index >= 15 is 0 Å². The lowest BCUT2D eigenvalue weighted by Gasteiger charge is -2.35. The molecule has 0 aliphatic carbocycles. The first-order valence-electron chi connectivity index (χ1n) is 9.87. The fourth-order valence-corrected chi connectivity index (χ4v) is 3.72. The number of ether oxygens (including phenoxy) is 1. The summed E-state index contributed by atoms with van der Waals surface area (Å²) in [5, 5.41) is 4.57. The highest BCUT2D eigenvalue weighted by Gasteiger charge is 2.20. The van der Waals surface area contributed by atoms with Crippen molar-refractivity contribution in [2.75, 3.05) is 38.2 Å². The summed E-state index contributed by atoms with van der Waals surface area (Å²) in [5.74, 6) is 3.21. The zero-order chi connectivity index (χ0) is 20.4. The molecule has 29 heavy (non-hydrogen) atoms. The Labute approximate surface area is 171 Å². The minimum absolute atomic E-state index is 0.661. The van der Waals surface area contributed by atoms with Gasteiger partial charge in [0.1, 0.15) is 11.6 Å². The smallest absolute Gasteiger partial charge is 0.213 e. The number of anilines is 1. The van der Waals surface area contributed by atoms with E-state index in [-0.39, 0.29) is 0 Å². The molecular weight excluding hydrogens is 366 g/mol. The van der Waals surface area contributed by atoms with Gasteiger partial charge < -0.3 is 9.64 Å². The fourth-order valence-electron chi connectivity index (χ4n) is 3.72. The van der Waals surface area contributed by atoms with Gasteiger partial charge in [-0.2, -0.15) is 5.10 Å². The van der Waals surface area contributed by atoms with Gasteiger partial charge >= 0.3 is 0 Å². The quantitative estimate of drug-likeness (QED) is 0.659. The Morgan fingerprint density at radius 2 is 1.72 bits per heavy atom. The molecule has 0 saturated carbocycles. The number of piperazine rings is 1. The van der Waals surface area contributed by atoms with Gasteiger partial charge in [0, 0.05) is 56.7 Å². The van der Waals surface area contributed by atoms with Crippen LogP contribution in [0, 0.1) is 20.8 Å². The molecule has 8 nitrogen and oxygen atoms in total. The zero-order valence-corrected chi connectivity index (χ0v) is 17.5. The molecule has 0 amide bonds. The third-order valence-electron chi connectivity index (χ3n) is 5.15. The highest BCUT2D eigenvalue weighted by atomic mass is 16.5. The maximum Gasteiger partial charge on any atom is 0.213 e. The minimum atomic E-state index is 0.661. The van der Waals surface area contributed by atoms with E-state index in [9.17, 15) is 0 Å². The molecule has 0 radical (unpaired) electrons. The van der Waals surface area contributed by atoms with Gasteiger partial charge in [0.25, 0.3) is 0 Å². The first-order chi connectivity index (χ1) is 14.0. The number of aryl methyl sites for hydroxylation is 3. The predicted molar refractivity (Wildman–Crippen MR) is 112 cm³/mol. The second-order valence-corrected chi connectivity index (χ2v) is 7.44. The van der Waals surface area contributed by atoms with Crippen LogP contribution in [0.2, 0.25) is 0 Å². The maximum atomic E-state index is 5.23. The number of rotatable bonds is 5. The molecule has 8 heteroatoms. The Hall–Kier alpha value is -3.00. The van der Waals surface area contributed by atoms with Gasteiger partial charge in [-0.1, -0.05) is 0 Å². The molecule has 0 atom stereocenters. The van der Waals surface area contributed by atoms with Crippen molar-refractivity contribution in [2.24, 2.45) is 0 Å². The van der Waals surface area contributed by atoms with Crippen LogP contribution in [-0.4, -0.2) is 62.9 Å². The normalized spacial score (nSPS) is 15.0. The Kier molecular flexibility index (Phi) is 5.44. The van der Waals surface area contributed by atoms with Crippen LogP contribution >= 0.6 is 0 Å². The van der Waals surface area contributed by atoms with Crippen molar-refractivity contribution in [1.82, 2.24) is 29.6 Å². The molecule has 1 aliphatic heterocycles. The monoisotopic (exact) mass is 393 g/mol. The van der Waals surface area contributed by atoms with E-state index in [1.807, 2.05) is 43.7 Å². The number of hydrogen-bond acceptors (Lipinski definition) is 7. The van der Waals surface area contributed by atoms with E-state index in [2.05, 4.69) is 35.9 Å². The molecule has 0 spiro atoms. The number of methoxy groups -OCH3 is 1. The predicted octanol–water partition coefficient (Wildman–Crippen LogP) is 2.31. The van der Waals surface area contributed by atoms with Crippen LogP contribution in [0.1, 0.15) is 22.8 Å². The summed E-state index contributed by atoms with van der Waals surface area (Å²) in [6.45, 7) is 10.7. The van der Waals surface area contributed by atoms with Crippen LogP contribution in [0.3, 0.4) is 0 Å². The second-order valence-electron chi connectivity index (χ2n) is 7.44. The minimum Gasteiger partial charge on any atom is -0.481 e. The molecule has 0 bridgehead atoms. The molecule has 4 rings (SSSR count). The zero-order valence-electron chi connectivity index (χ0n) is 17.5. The highest BCUT2D eigenvalue weighted by molar-refractivity contribution is 5.45. The van der Waals surface area contributed by atoms with Crippen LogP contribution in [0.25, 0.3) is 5.82 Å². The topological polar surface area (TPSA) is 72.2 Å². The second kappa shape index (κ2) is 8.16. The number of nitrogens with zero attached hydrogens (tertiary/aromatic N) is 7. The first-order valence-corrected chi connectivity index (χ1v) is 9.87. The molecule has 1 fully saturated rings. The van der Waals surface area contributed by atoms with E-state index in [4.69, 9.17) is 4.74 Å². The summed E-state index contributed by atoms with van der Waals surface area (Å²) < 4.78 is 7.12. The Morgan fingerprint density at radius 1 is 0.966 bits per heavy atom. The molecule has 0 unspecified atom stereocenters. The SMILES string of the molecule is COc1cc(CN2CCN(c3cc(-n4nc(C)cc4C)nc(C)n3)CC2)ccn1. The molecule has 1 saturated heterocycles. The van der Waals surface area contributed by atoms with Crippen molar-refractivity contribution in [1.29, 1.82) is 0 Å². The van der Waals surface area contributed by atoms with Crippen molar-refractivity contribution in [3.8, 4) is 11.7 Å².